The first-order chi connectivity index (χ1) is 13.1. The molecule has 0 radical (unpaired) electrons. The molecule has 27 heavy (non-hydrogen) atoms. The molecule has 0 atom stereocenters. The Morgan fingerprint density at radius 2 is 1.96 bits per heavy atom. The highest BCUT2D eigenvalue weighted by molar-refractivity contribution is 9.10. The fraction of sp³-hybridized carbons (Fsp3) is 0.350. The van der Waals surface area contributed by atoms with Gasteiger partial charge in [0.1, 0.15) is 0 Å². The van der Waals surface area contributed by atoms with Crippen LogP contribution in [0.25, 0.3) is 5.57 Å². The number of benzene rings is 1. The van der Waals surface area contributed by atoms with E-state index in [4.69, 9.17) is 4.99 Å². The Morgan fingerprint density at radius 1 is 1.22 bits per heavy atom. The lowest BCUT2D eigenvalue weighted by atomic mass is 9.94. The number of halogens is 1. The fourth-order valence-electron chi connectivity index (χ4n) is 3.54. The van der Waals surface area contributed by atoms with Crippen molar-refractivity contribution in [1.82, 2.24) is 9.88 Å². The number of carbonyl (C=O) groups excluding carboxylic acids is 1. The van der Waals surface area contributed by atoms with E-state index in [0.29, 0.717) is 5.13 Å². The van der Waals surface area contributed by atoms with Crippen molar-refractivity contribution in [2.75, 3.05) is 0 Å². The van der Waals surface area contributed by atoms with Crippen molar-refractivity contribution < 1.29 is 4.79 Å². The van der Waals surface area contributed by atoms with Crippen molar-refractivity contribution in [3.63, 3.8) is 0 Å². The highest BCUT2D eigenvalue weighted by atomic mass is 79.9. The summed E-state index contributed by atoms with van der Waals surface area (Å²) >= 11 is 6.46. The molecule has 1 aromatic heterocycles. The molecule has 1 amide bonds. The first-order valence-electron chi connectivity index (χ1n) is 9.10. The number of amidine groups is 1. The van der Waals surface area contributed by atoms with Gasteiger partial charge in [0.2, 0.25) is 5.13 Å². The number of carbonyl (C=O) groups is 1. The van der Waals surface area contributed by atoms with Gasteiger partial charge in [-0.3, -0.25) is 9.69 Å². The minimum atomic E-state index is 0.0858. The largest absolute Gasteiger partial charge is 0.283 e. The van der Waals surface area contributed by atoms with Crippen LogP contribution in [-0.4, -0.2) is 27.0 Å². The molecule has 1 aliphatic heterocycles. The van der Waals surface area contributed by atoms with Gasteiger partial charge < -0.3 is 0 Å². The third-order valence-corrected chi connectivity index (χ3v) is 7.33. The summed E-state index contributed by atoms with van der Waals surface area (Å²) in [5, 5.41) is 3.39. The molecule has 1 saturated carbocycles. The Labute approximate surface area is 175 Å². The summed E-state index contributed by atoms with van der Waals surface area (Å²) in [6, 6.07) is 8.34. The quantitative estimate of drug-likeness (QED) is 0.508. The van der Waals surface area contributed by atoms with Crippen LogP contribution in [0.1, 0.15) is 44.6 Å². The van der Waals surface area contributed by atoms with Crippen molar-refractivity contribution in [3.8, 4) is 0 Å². The van der Waals surface area contributed by atoms with Crippen LogP contribution in [0.4, 0.5) is 5.13 Å². The normalized spacial score (nSPS) is 21.9. The molecule has 2 aliphatic rings. The van der Waals surface area contributed by atoms with Crippen LogP contribution in [-0.2, 0) is 4.79 Å². The van der Waals surface area contributed by atoms with E-state index in [9.17, 15) is 4.79 Å². The van der Waals surface area contributed by atoms with E-state index in [0.717, 1.165) is 38.5 Å². The number of hydrogen-bond acceptors (Lipinski definition) is 5. The van der Waals surface area contributed by atoms with Gasteiger partial charge >= 0.3 is 0 Å². The van der Waals surface area contributed by atoms with Gasteiger partial charge in [0.15, 0.2) is 5.17 Å². The van der Waals surface area contributed by atoms with Crippen LogP contribution in [0.2, 0.25) is 0 Å². The Kier molecular flexibility index (Phi) is 5.80. The van der Waals surface area contributed by atoms with E-state index in [1.54, 1.807) is 6.20 Å². The van der Waals surface area contributed by atoms with Gasteiger partial charge in [-0.1, -0.05) is 47.3 Å². The highest BCUT2D eigenvalue weighted by Gasteiger charge is 2.39. The first-order valence-corrected chi connectivity index (χ1v) is 11.6. The van der Waals surface area contributed by atoms with Crippen LogP contribution in [0.5, 0.6) is 0 Å². The molecule has 0 N–H and O–H groups in total. The van der Waals surface area contributed by atoms with Gasteiger partial charge in [-0.05, 0) is 54.8 Å². The molecule has 0 spiro atoms. The average Bonchev–Trinajstić information content (AvgIpc) is 3.31. The zero-order valence-electron chi connectivity index (χ0n) is 15.0. The summed E-state index contributed by atoms with van der Waals surface area (Å²) in [5.41, 5.74) is 2.07. The first kappa shape index (κ1) is 18.9. The minimum absolute atomic E-state index is 0.0858. The molecule has 0 bridgehead atoms. The lowest BCUT2D eigenvalue weighted by molar-refractivity contribution is -0.124. The fourth-order valence-corrected chi connectivity index (χ4v) is 5.47. The number of thiazole rings is 1. The number of rotatable bonds is 3. The van der Waals surface area contributed by atoms with Crippen LogP contribution >= 0.6 is 39.0 Å². The van der Waals surface area contributed by atoms with Crippen molar-refractivity contribution in [2.45, 2.75) is 45.1 Å². The molecule has 140 valence electrons. The smallest absolute Gasteiger partial charge is 0.267 e. The van der Waals surface area contributed by atoms with Crippen LogP contribution in [0.15, 0.2) is 50.2 Å². The molecule has 0 unspecified atom stereocenters. The van der Waals surface area contributed by atoms with Gasteiger partial charge in [-0.25, -0.2) is 4.98 Å². The summed E-state index contributed by atoms with van der Waals surface area (Å²) in [7, 11) is 0. The third kappa shape index (κ3) is 4.05. The molecule has 1 saturated heterocycles. The molecule has 1 aliphatic carbocycles. The van der Waals surface area contributed by atoms with E-state index in [-0.39, 0.29) is 11.9 Å². The minimum Gasteiger partial charge on any atom is -0.283 e. The van der Waals surface area contributed by atoms with Crippen LogP contribution in [0.3, 0.4) is 0 Å². The number of aliphatic imine (C=N–C) groups is 1. The zero-order valence-corrected chi connectivity index (χ0v) is 18.2. The lowest BCUT2D eigenvalue weighted by Crippen LogP contribution is -2.40. The molecule has 1 aromatic carbocycles. The Bertz CT molecular complexity index is 884. The lowest BCUT2D eigenvalue weighted by Gasteiger charge is -2.30. The monoisotopic (exact) mass is 461 g/mol. The molecule has 4 nitrogen and oxygen atoms in total. The molecule has 4 rings (SSSR count). The van der Waals surface area contributed by atoms with E-state index < -0.39 is 0 Å². The topological polar surface area (TPSA) is 45.6 Å². The highest BCUT2D eigenvalue weighted by Crippen LogP contribution is 2.41. The maximum Gasteiger partial charge on any atom is 0.267 e. The number of aromatic nitrogens is 1. The van der Waals surface area contributed by atoms with Gasteiger partial charge in [0, 0.05) is 22.1 Å². The standard InChI is InChI=1S/C20H20BrN3OS2/c1-13(14-7-9-15(21)10-8-14)17-18(25)24(16-5-3-2-4-6-16)20(27-17)23-19-22-11-12-26-19/h7-12,16H,2-6H2,1H3/b17-13-,23-20+. The second-order valence-electron chi connectivity index (χ2n) is 6.74. The summed E-state index contributed by atoms with van der Waals surface area (Å²) in [4.78, 5) is 25.1. The summed E-state index contributed by atoms with van der Waals surface area (Å²) in [6.45, 7) is 2.02. The van der Waals surface area contributed by atoms with E-state index in [2.05, 4.69) is 20.9 Å². The summed E-state index contributed by atoms with van der Waals surface area (Å²) in [5.74, 6) is 0.0858. The molecular weight excluding hydrogens is 442 g/mol. The molecule has 2 fully saturated rings. The van der Waals surface area contributed by atoms with E-state index >= 15 is 0 Å². The van der Waals surface area contributed by atoms with Crippen molar-refractivity contribution in [2.24, 2.45) is 4.99 Å². The second kappa shape index (κ2) is 8.29. The van der Waals surface area contributed by atoms with Gasteiger partial charge in [0.05, 0.1) is 4.91 Å². The maximum absolute atomic E-state index is 13.4. The second-order valence-corrected chi connectivity index (χ2v) is 9.51. The Morgan fingerprint density at radius 3 is 2.63 bits per heavy atom. The zero-order chi connectivity index (χ0) is 18.8. The number of allylic oxidation sites excluding steroid dienone is 1. The average molecular weight is 462 g/mol. The van der Waals surface area contributed by atoms with Gasteiger partial charge in [-0.2, -0.15) is 4.99 Å². The number of hydrogen-bond donors (Lipinski definition) is 0. The summed E-state index contributed by atoms with van der Waals surface area (Å²) < 4.78 is 1.03. The SMILES string of the molecule is C/C(=C1/S/C(=N/c2nccs2)N(C2CCCCC2)C1=O)c1ccc(Br)cc1. The number of nitrogens with zero attached hydrogens (tertiary/aromatic N) is 3. The van der Waals surface area contributed by atoms with E-state index in [1.165, 1.54) is 42.4 Å². The summed E-state index contributed by atoms with van der Waals surface area (Å²) in [6.07, 6.45) is 7.45. The Hall–Kier alpha value is -1.44. The van der Waals surface area contributed by atoms with Gasteiger partial charge in [-0.15, -0.1) is 11.3 Å². The van der Waals surface area contributed by atoms with Crippen LogP contribution in [0, 0.1) is 0 Å². The van der Waals surface area contributed by atoms with Crippen molar-refractivity contribution in [3.05, 3.63) is 50.8 Å². The number of thioether (sulfide) groups is 1. The van der Waals surface area contributed by atoms with Crippen molar-refractivity contribution >= 4 is 60.8 Å². The van der Waals surface area contributed by atoms with Crippen LogP contribution < -0.4 is 0 Å². The van der Waals surface area contributed by atoms with E-state index in [1.807, 2.05) is 41.5 Å². The predicted molar refractivity (Wildman–Crippen MR) is 117 cm³/mol. The number of amides is 1. The van der Waals surface area contributed by atoms with Crippen molar-refractivity contribution in [1.29, 1.82) is 0 Å². The maximum atomic E-state index is 13.4. The molecular formula is C20H20BrN3OS2. The van der Waals surface area contributed by atoms with Gasteiger partial charge in [0.25, 0.3) is 5.91 Å². The molecule has 7 heteroatoms. The predicted octanol–water partition coefficient (Wildman–Crippen LogP) is 6.23. The molecule has 2 heterocycles. The molecule has 2 aromatic rings. The Balaban J connectivity index is 1.73. The third-order valence-electron chi connectivity index (χ3n) is 4.98.